The van der Waals surface area contributed by atoms with Crippen molar-refractivity contribution in [3.05, 3.63) is 0 Å². The zero-order chi connectivity index (χ0) is 23.2. The quantitative estimate of drug-likeness (QED) is 0.113. The average molecular weight is 552 g/mol. The van der Waals surface area contributed by atoms with E-state index >= 15 is 0 Å². The normalized spacial score (nSPS) is 13.0. The summed E-state index contributed by atoms with van der Waals surface area (Å²) in [5.74, 6) is 0. The standard InChI is InChI=1S/2C4H13NO7P2.3H2O/c2*5-3-1-2-4(6,13(7,8)9)14(10,11)12;;;/h2*6H,1-3,5H2,(H2,7,8,9)(H2,10,11,12);3*1H2. The van der Waals surface area contributed by atoms with E-state index in [-0.39, 0.29) is 42.4 Å². The minimum atomic E-state index is -5.30. The lowest BCUT2D eigenvalue weighted by atomic mass is 10.3. The Morgan fingerprint density at radius 1 is 0.516 bits per heavy atom. The second-order valence-electron chi connectivity index (χ2n) is 5.51. The van der Waals surface area contributed by atoms with E-state index in [0.29, 0.717) is 0 Å². The average Bonchev–Trinajstić information content (AvgIpc) is 2.46. The molecule has 23 heteroatoms. The Bertz CT molecular complexity index is 576. The topological polar surface area (TPSA) is 417 Å². The number of hydrogen-bond donors (Lipinski definition) is 12. The van der Waals surface area contributed by atoms with Gasteiger partial charge in [-0.25, -0.2) is 0 Å². The molecule has 196 valence electrons. The molecule has 0 aromatic heterocycles. The first-order valence-corrected chi connectivity index (χ1v) is 13.6. The van der Waals surface area contributed by atoms with Crippen molar-refractivity contribution in [1.82, 2.24) is 0 Å². The Labute approximate surface area is 175 Å². The van der Waals surface area contributed by atoms with Crippen molar-refractivity contribution < 1.29 is 84.0 Å². The van der Waals surface area contributed by atoms with E-state index in [2.05, 4.69) is 0 Å². The van der Waals surface area contributed by atoms with Gasteiger partial charge in [0.2, 0.25) is 0 Å². The maximum absolute atomic E-state index is 10.7. The fourth-order valence-electron chi connectivity index (χ4n) is 1.60. The molecule has 19 nitrogen and oxygen atoms in total. The lowest BCUT2D eigenvalue weighted by Crippen LogP contribution is -2.29. The summed E-state index contributed by atoms with van der Waals surface area (Å²) in [7, 11) is -21.2. The molecule has 0 aliphatic carbocycles. The monoisotopic (exact) mass is 552 g/mol. The van der Waals surface area contributed by atoms with Gasteiger partial charge in [0.1, 0.15) is 0 Å². The summed E-state index contributed by atoms with van der Waals surface area (Å²) >= 11 is 0. The molecule has 0 saturated carbocycles. The van der Waals surface area contributed by atoms with Gasteiger partial charge in [0, 0.05) is 12.8 Å². The molecule has 20 N–H and O–H groups in total. The Hall–Kier alpha value is 0.320. The maximum atomic E-state index is 10.7. The molecule has 0 radical (unpaired) electrons. The van der Waals surface area contributed by atoms with Crippen LogP contribution in [0.15, 0.2) is 0 Å². The van der Waals surface area contributed by atoms with Crippen LogP contribution >= 0.6 is 30.4 Å². The third-order valence-electron chi connectivity index (χ3n) is 3.30. The van der Waals surface area contributed by atoms with Crippen LogP contribution in [0.5, 0.6) is 0 Å². The van der Waals surface area contributed by atoms with Crippen LogP contribution < -0.4 is 11.5 Å². The highest BCUT2D eigenvalue weighted by Crippen LogP contribution is 2.70. The molecule has 0 aromatic carbocycles. The van der Waals surface area contributed by atoms with Crippen molar-refractivity contribution in [3.63, 3.8) is 0 Å². The van der Waals surface area contributed by atoms with Gasteiger partial charge in [0.15, 0.2) is 0 Å². The van der Waals surface area contributed by atoms with E-state index < -0.39 is 53.4 Å². The van der Waals surface area contributed by atoms with Gasteiger partial charge in [-0.1, -0.05) is 0 Å². The van der Waals surface area contributed by atoms with Gasteiger partial charge in [0.05, 0.1) is 0 Å². The van der Waals surface area contributed by atoms with Crippen molar-refractivity contribution in [3.8, 4) is 0 Å². The largest absolute Gasteiger partial charge is 0.412 e. The van der Waals surface area contributed by atoms with Crippen LogP contribution in [0.3, 0.4) is 0 Å². The summed E-state index contributed by atoms with van der Waals surface area (Å²) in [5, 5.41) is 11.8. The predicted molar refractivity (Wildman–Crippen MR) is 105 cm³/mol. The smallest absolute Gasteiger partial charge is 0.369 e. The fourth-order valence-corrected chi connectivity index (χ4v) is 6.11. The van der Waals surface area contributed by atoms with E-state index in [1.807, 2.05) is 0 Å². The summed E-state index contributed by atoms with van der Waals surface area (Å²) in [6, 6.07) is 0. The Balaban J connectivity index is -0.000000133. The molecule has 0 aromatic rings. The predicted octanol–water partition coefficient (Wildman–Crippen LogP) is -5.02. The Morgan fingerprint density at radius 2 is 0.677 bits per heavy atom. The molecular formula is C8H32N2O17P4. The lowest BCUT2D eigenvalue weighted by Gasteiger charge is -2.28. The van der Waals surface area contributed by atoms with Crippen molar-refractivity contribution in [2.75, 3.05) is 13.1 Å². The van der Waals surface area contributed by atoms with Gasteiger partial charge >= 0.3 is 30.4 Å². The van der Waals surface area contributed by atoms with Crippen LogP contribution in [0.1, 0.15) is 25.7 Å². The molecular weight excluding hydrogens is 520 g/mol. The highest BCUT2D eigenvalue weighted by molar-refractivity contribution is 7.72. The Morgan fingerprint density at radius 3 is 0.774 bits per heavy atom. The Kier molecular flexibility index (Phi) is 19.5. The van der Waals surface area contributed by atoms with Crippen LogP contribution in [0.4, 0.5) is 0 Å². The molecule has 0 unspecified atom stereocenters. The zero-order valence-electron chi connectivity index (χ0n) is 15.8. The molecule has 0 heterocycles. The molecule has 0 fully saturated rings. The van der Waals surface area contributed by atoms with E-state index in [9.17, 15) is 28.5 Å². The van der Waals surface area contributed by atoms with E-state index in [0.717, 1.165) is 0 Å². The minimum absolute atomic E-state index is 0. The lowest BCUT2D eigenvalue weighted by molar-refractivity contribution is 0.121. The van der Waals surface area contributed by atoms with Crippen LogP contribution in [-0.4, -0.2) is 89.0 Å². The minimum Gasteiger partial charge on any atom is -0.412 e. The number of aliphatic hydroxyl groups is 2. The van der Waals surface area contributed by atoms with Gasteiger partial charge < -0.3 is 77.3 Å². The number of hydrogen-bond acceptors (Lipinski definition) is 8. The number of rotatable bonds is 10. The third-order valence-corrected chi connectivity index (χ3v) is 11.1. The first-order chi connectivity index (χ1) is 12.1. The maximum Gasteiger partial charge on any atom is 0.369 e. The van der Waals surface area contributed by atoms with Gasteiger partial charge in [-0.2, -0.15) is 0 Å². The second-order valence-corrected chi connectivity index (χ2v) is 13.5. The summed E-state index contributed by atoms with van der Waals surface area (Å²) in [6.45, 7) is -0.0788. The van der Waals surface area contributed by atoms with Gasteiger partial charge in [-0.15, -0.1) is 0 Å². The van der Waals surface area contributed by atoms with Crippen molar-refractivity contribution in [1.29, 1.82) is 0 Å². The SMILES string of the molecule is NCCCC(O)(P(=O)(O)O)P(=O)(O)O.NCCCC(O)(P(=O)(O)O)P(=O)(O)O.O.O.O. The van der Waals surface area contributed by atoms with E-state index in [1.54, 1.807) is 0 Å². The van der Waals surface area contributed by atoms with Gasteiger partial charge in [-0.05, 0) is 25.9 Å². The molecule has 31 heavy (non-hydrogen) atoms. The highest BCUT2D eigenvalue weighted by atomic mass is 31.2. The van der Waals surface area contributed by atoms with Crippen molar-refractivity contribution in [2.45, 2.75) is 35.8 Å². The van der Waals surface area contributed by atoms with Gasteiger partial charge in [-0.3, -0.25) is 18.3 Å². The molecule has 0 bridgehead atoms. The summed E-state index contributed by atoms with van der Waals surface area (Å²) in [6.07, 6.45) is -1.71. The second kappa shape index (κ2) is 14.6. The van der Waals surface area contributed by atoms with E-state index in [4.69, 9.17) is 50.6 Å². The molecule has 0 amide bonds. The molecule has 0 saturated heterocycles. The molecule has 0 rings (SSSR count). The van der Waals surface area contributed by atoms with Crippen LogP contribution in [0, 0.1) is 0 Å². The molecule has 0 atom stereocenters. The van der Waals surface area contributed by atoms with E-state index in [1.165, 1.54) is 0 Å². The highest BCUT2D eigenvalue weighted by Gasteiger charge is 2.59. The van der Waals surface area contributed by atoms with Gasteiger partial charge in [0.25, 0.3) is 10.2 Å². The first kappa shape index (κ1) is 41.6. The van der Waals surface area contributed by atoms with Crippen LogP contribution in [0.2, 0.25) is 0 Å². The van der Waals surface area contributed by atoms with Crippen LogP contribution in [-0.2, 0) is 18.3 Å². The molecule has 0 aliphatic rings. The summed E-state index contributed by atoms with van der Waals surface area (Å²) in [5.41, 5.74) is 10.0. The first-order valence-electron chi connectivity index (χ1n) is 7.20. The zero-order valence-corrected chi connectivity index (χ0v) is 19.4. The third kappa shape index (κ3) is 11.3. The van der Waals surface area contributed by atoms with Crippen LogP contribution in [0.25, 0.3) is 0 Å². The summed E-state index contributed by atoms with van der Waals surface area (Å²) < 4.78 is 42.9. The van der Waals surface area contributed by atoms with Crippen molar-refractivity contribution >= 4 is 30.4 Å². The van der Waals surface area contributed by atoms with Crippen molar-refractivity contribution in [2.24, 2.45) is 11.5 Å². The molecule has 0 aliphatic heterocycles. The molecule has 0 spiro atoms. The number of nitrogens with two attached hydrogens (primary N) is 2. The summed E-state index contributed by atoms with van der Waals surface area (Å²) in [4.78, 5) is 69.0. The fraction of sp³-hybridized carbons (Fsp3) is 1.00.